The van der Waals surface area contributed by atoms with Crippen LogP contribution in [0, 0.1) is 0 Å². The van der Waals surface area contributed by atoms with Gasteiger partial charge in [0.15, 0.2) is 0 Å². The SMILES string of the molecule is CC(N)c1ccc(N2CCN(c3ccccn3)CC2)cn1. The summed E-state index contributed by atoms with van der Waals surface area (Å²) >= 11 is 0. The molecule has 1 atom stereocenters. The van der Waals surface area contributed by atoms with Crippen molar-refractivity contribution in [3.8, 4) is 0 Å². The predicted octanol–water partition coefficient (Wildman–Crippen LogP) is 1.82. The topological polar surface area (TPSA) is 58.3 Å². The molecule has 0 amide bonds. The van der Waals surface area contributed by atoms with Gasteiger partial charge in [-0.2, -0.15) is 0 Å². The van der Waals surface area contributed by atoms with Crippen LogP contribution >= 0.6 is 0 Å². The molecule has 3 heterocycles. The Hall–Kier alpha value is -2.14. The number of piperazine rings is 1. The van der Waals surface area contributed by atoms with E-state index in [1.165, 1.54) is 5.69 Å². The van der Waals surface area contributed by atoms with Crippen LogP contribution in [0.3, 0.4) is 0 Å². The van der Waals surface area contributed by atoms with Gasteiger partial charge in [0.05, 0.1) is 17.6 Å². The Kier molecular flexibility index (Phi) is 4.01. The molecule has 2 aromatic heterocycles. The van der Waals surface area contributed by atoms with Crippen LogP contribution in [0.25, 0.3) is 0 Å². The van der Waals surface area contributed by atoms with Crippen molar-refractivity contribution in [2.75, 3.05) is 36.0 Å². The summed E-state index contributed by atoms with van der Waals surface area (Å²) in [5.41, 5.74) is 7.94. The first-order valence-corrected chi connectivity index (χ1v) is 7.36. The normalized spacial score (nSPS) is 16.9. The van der Waals surface area contributed by atoms with Crippen molar-refractivity contribution >= 4 is 11.5 Å². The van der Waals surface area contributed by atoms with E-state index < -0.39 is 0 Å². The lowest BCUT2D eigenvalue weighted by molar-refractivity contribution is 0.646. The summed E-state index contributed by atoms with van der Waals surface area (Å²) in [4.78, 5) is 13.5. The van der Waals surface area contributed by atoms with Crippen molar-refractivity contribution in [2.45, 2.75) is 13.0 Å². The summed E-state index contributed by atoms with van der Waals surface area (Å²) in [7, 11) is 0. The van der Waals surface area contributed by atoms with E-state index in [9.17, 15) is 0 Å². The van der Waals surface area contributed by atoms with Crippen LogP contribution in [-0.2, 0) is 0 Å². The average molecular weight is 283 g/mol. The van der Waals surface area contributed by atoms with E-state index in [1.807, 2.05) is 37.5 Å². The highest BCUT2D eigenvalue weighted by Crippen LogP contribution is 2.19. The number of pyridine rings is 2. The quantitative estimate of drug-likeness (QED) is 0.931. The highest BCUT2D eigenvalue weighted by Gasteiger charge is 2.18. The maximum absolute atomic E-state index is 5.84. The van der Waals surface area contributed by atoms with Crippen molar-refractivity contribution in [2.24, 2.45) is 5.73 Å². The number of aromatic nitrogens is 2. The molecule has 0 bridgehead atoms. The summed E-state index contributed by atoms with van der Waals surface area (Å²) < 4.78 is 0. The minimum Gasteiger partial charge on any atom is -0.367 e. The van der Waals surface area contributed by atoms with Crippen LogP contribution in [0.5, 0.6) is 0 Å². The number of nitrogens with zero attached hydrogens (tertiary/aromatic N) is 4. The van der Waals surface area contributed by atoms with Crippen LogP contribution in [0.2, 0.25) is 0 Å². The van der Waals surface area contributed by atoms with Gasteiger partial charge in [-0.15, -0.1) is 0 Å². The number of rotatable bonds is 3. The molecule has 1 aliphatic rings. The molecule has 1 unspecified atom stereocenters. The molecule has 1 saturated heterocycles. The minimum absolute atomic E-state index is 0.0138. The smallest absolute Gasteiger partial charge is 0.128 e. The molecule has 110 valence electrons. The summed E-state index contributed by atoms with van der Waals surface area (Å²) in [6, 6.07) is 10.2. The van der Waals surface area contributed by atoms with E-state index in [0.717, 1.165) is 37.7 Å². The Balaban J connectivity index is 1.63. The van der Waals surface area contributed by atoms with Gasteiger partial charge in [0.2, 0.25) is 0 Å². The van der Waals surface area contributed by atoms with E-state index in [-0.39, 0.29) is 6.04 Å². The van der Waals surface area contributed by atoms with E-state index >= 15 is 0 Å². The number of nitrogens with two attached hydrogens (primary N) is 1. The first-order chi connectivity index (χ1) is 10.2. The highest BCUT2D eigenvalue weighted by molar-refractivity contribution is 5.48. The standard InChI is InChI=1S/C16H21N5/c1-13(17)15-6-5-14(12-19-15)20-8-10-21(11-9-20)16-4-2-3-7-18-16/h2-7,12-13H,8-11,17H2,1H3. The molecule has 0 aliphatic carbocycles. The third-order valence-electron chi connectivity index (χ3n) is 3.86. The van der Waals surface area contributed by atoms with Gasteiger partial charge in [0.25, 0.3) is 0 Å². The Labute approximate surface area is 125 Å². The average Bonchev–Trinajstić information content (AvgIpc) is 2.56. The fraction of sp³-hybridized carbons (Fsp3) is 0.375. The monoisotopic (exact) mass is 283 g/mol. The Morgan fingerprint density at radius 2 is 1.76 bits per heavy atom. The highest BCUT2D eigenvalue weighted by atomic mass is 15.3. The lowest BCUT2D eigenvalue weighted by Crippen LogP contribution is -2.46. The fourth-order valence-corrected chi connectivity index (χ4v) is 2.59. The molecule has 2 aromatic rings. The van der Waals surface area contributed by atoms with Gasteiger partial charge in [0.1, 0.15) is 5.82 Å². The second-order valence-corrected chi connectivity index (χ2v) is 5.39. The van der Waals surface area contributed by atoms with Crippen molar-refractivity contribution in [1.82, 2.24) is 9.97 Å². The van der Waals surface area contributed by atoms with Crippen LogP contribution in [0.4, 0.5) is 11.5 Å². The lowest BCUT2D eigenvalue weighted by Gasteiger charge is -2.36. The maximum Gasteiger partial charge on any atom is 0.128 e. The van der Waals surface area contributed by atoms with Crippen molar-refractivity contribution in [3.05, 3.63) is 48.4 Å². The molecule has 3 rings (SSSR count). The third kappa shape index (κ3) is 3.13. The minimum atomic E-state index is -0.0138. The van der Waals surface area contributed by atoms with Gasteiger partial charge in [-0.3, -0.25) is 4.98 Å². The summed E-state index contributed by atoms with van der Waals surface area (Å²) in [5.74, 6) is 1.06. The molecule has 0 spiro atoms. The van der Waals surface area contributed by atoms with Gasteiger partial charge in [-0.05, 0) is 31.2 Å². The number of hydrogen-bond acceptors (Lipinski definition) is 5. The zero-order chi connectivity index (χ0) is 14.7. The first kappa shape index (κ1) is 13.8. The summed E-state index contributed by atoms with van der Waals surface area (Å²) in [6.07, 6.45) is 3.77. The molecule has 0 aromatic carbocycles. The largest absolute Gasteiger partial charge is 0.367 e. The van der Waals surface area contributed by atoms with Crippen molar-refractivity contribution < 1.29 is 0 Å². The molecule has 5 heteroatoms. The molecule has 5 nitrogen and oxygen atoms in total. The zero-order valence-corrected chi connectivity index (χ0v) is 12.3. The Bertz CT molecular complexity index is 559. The molecule has 21 heavy (non-hydrogen) atoms. The Morgan fingerprint density at radius 3 is 2.33 bits per heavy atom. The van der Waals surface area contributed by atoms with Gasteiger partial charge in [-0.25, -0.2) is 4.98 Å². The Morgan fingerprint density at radius 1 is 1.00 bits per heavy atom. The van der Waals surface area contributed by atoms with Crippen LogP contribution in [0.1, 0.15) is 18.7 Å². The summed E-state index contributed by atoms with van der Waals surface area (Å²) in [6.45, 7) is 5.87. The number of anilines is 2. The molecule has 0 saturated carbocycles. The second kappa shape index (κ2) is 6.10. The van der Waals surface area contributed by atoms with Gasteiger partial charge in [0, 0.05) is 38.4 Å². The third-order valence-corrected chi connectivity index (χ3v) is 3.86. The predicted molar refractivity (Wildman–Crippen MR) is 85.5 cm³/mol. The summed E-state index contributed by atoms with van der Waals surface area (Å²) in [5, 5.41) is 0. The molecule has 1 aliphatic heterocycles. The van der Waals surface area contributed by atoms with Crippen LogP contribution < -0.4 is 15.5 Å². The molecule has 2 N–H and O–H groups in total. The first-order valence-electron chi connectivity index (χ1n) is 7.36. The molecule has 1 fully saturated rings. The van der Waals surface area contributed by atoms with E-state index in [1.54, 1.807) is 0 Å². The van der Waals surface area contributed by atoms with E-state index in [0.29, 0.717) is 0 Å². The lowest BCUT2D eigenvalue weighted by atomic mass is 10.2. The molecule has 0 radical (unpaired) electrons. The maximum atomic E-state index is 5.84. The van der Waals surface area contributed by atoms with E-state index in [4.69, 9.17) is 5.73 Å². The van der Waals surface area contributed by atoms with Crippen LogP contribution in [0.15, 0.2) is 42.7 Å². The van der Waals surface area contributed by atoms with Crippen molar-refractivity contribution in [3.63, 3.8) is 0 Å². The zero-order valence-electron chi connectivity index (χ0n) is 12.3. The van der Waals surface area contributed by atoms with Gasteiger partial charge < -0.3 is 15.5 Å². The van der Waals surface area contributed by atoms with E-state index in [2.05, 4.69) is 31.9 Å². The molecular weight excluding hydrogens is 262 g/mol. The van der Waals surface area contributed by atoms with Gasteiger partial charge >= 0.3 is 0 Å². The molecular formula is C16H21N5. The fourth-order valence-electron chi connectivity index (χ4n) is 2.59. The van der Waals surface area contributed by atoms with Gasteiger partial charge in [-0.1, -0.05) is 6.07 Å². The van der Waals surface area contributed by atoms with Crippen LogP contribution in [-0.4, -0.2) is 36.1 Å². The number of hydrogen-bond donors (Lipinski definition) is 1. The second-order valence-electron chi connectivity index (χ2n) is 5.39. The van der Waals surface area contributed by atoms with Crippen molar-refractivity contribution in [1.29, 1.82) is 0 Å².